The van der Waals surface area contributed by atoms with Crippen molar-refractivity contribution < 1.29 is 32.6 Å². The lowest BCUT2D eigenvalue weighted by molar-refractivity contribution is -0.146. The zero-order chi connectivity index (χ0) is 32.0. The molecule has 0 atom stereocenters. The van der Waals surface area contributed by atoms with E-state index < -0.39 is 40.4 Å². The molecule has 3 aliphatic rings. The number of aryl methyl sites for hydroxylation is 1. The van der Waals surface area contributed by atoms with Crippen LogP contribution in [0.15, 0.2) is 30.5 Å². The topological polar surface area (TPSA) is 113 Å². The van der Waals surface area contributed by atoms with Gasteiger partial charge in [-0.3, -0.25) is 24.3 Å². The van der Waals surface area contributed by atoms with E-state index in [0.29, 0.717) is 56.9 Å². The molecule has 0 radical (unpaired) electrons. The van der Waals surface area contributed by atoms with Gasteiger partial charge in [0, 0.05) is 38.4 Å². The third-order valence-electron chi connectivity index (χ3n) is 8.66. The van der Waals surface area contributed by atoms with Crippen molar-refractivity contribution in [3.63, 3.8) is 0 Å². The molecule has 1 saturated carbocycles. The second-order valence-corrected chi connectivity index (χ2v) is 12.0. The van der Waals surface area contributed by atoms with Crippen molar-refractivity contribution in [1.29, 1.82) is 5.26 Å². The number of hydrogen-bond donors (Lipinski definition) is 1. The Morgan fingerprint density at radius 3 is 2.41 bits per heavy atom. The fraction of sp³-hybridized carbons (Fsp3) is 0.500. The minimum absolute atomic E-state index is 0.00892. The lowest BCUT2D eigenvalue weighted by atomic mass is 10.0. The average molecular weight is 631 g/mol. The van der Waals surface area contributed by atoms with Crippen LogP contribution < -0.4 is 14.5 Å². The zero-order valence-corrected chi connectivity index (χ0v) is 25.5. The standard InChI is InChI=1S/C30H33F3N6O4S/c1-4-19-15-20(5-6-24(19)43-14-13-36-9-11-37(12-10-36)29(7-8-29)26(41)42)39-27(44)38(25(40)28(39,2)3)21-16-22(30(31,32)33)23(17-34)35-18-21/h5-6,15-16,18H,4,7-14H2,1-3H3,(H,41,42). The van der Waals surface area contributed by atoms with Gasteiger partial charge in [-0.15, -0.1) is 0 Å². The van der Waals surface area contributed by atoms with Gasteiger partial charge in [0.1, 0.15) is 29.5 Å². The fourth-order valence-electron chi connectivity index (χ4n) is 5.93. The van der Waals surface area contributed by atoms with Crippen LogP contribution in [0.1, 0.15) is 50.4 Å². The first-order valence-corrected chi connectivity index (χ1v) is 14.8. The molecule has 1 aromatic heterocycles. The number of anilines is 2. The summed E-state index contributed by atoms with van der Waals surface area (Å²) in [4.78, 5) is 35.7. The van der Waals surface area contributed by atoms with E-state index in [9.17, 15) is 27.9 Å². The number of carboxylic acid groups (broad SMARTS) is 1. The quantitative estimate of drug-likeness (QED) is 0.407. The lowest BCUT2D eigenvalue weighted by Gasteiger charge is -2.38. The van der Waals surface area contributed by atoms with Crippen LogP contribution in [0.5, 0.6) is 5.75 Å². The maximum Gasteiger partial charge on any atom is 0.419 e. The Bertz CT molecular complexity index is 1530. The number of halogens is 3. The van der Waals surface area contributed by atoms with Crippen molar-refractivity contribution in [3.8, 4) is 11.8 Å². The molecule has 2 saturated heterocycles. The molecule has 0 spiro atoms. The predicted octanol–water partition coefficient (Wildman–Crippen LogP) is 4.06. The van der Waals surface area contributed by atoms with Gasteiger partial charge in [-0.05, 0) is 75.2 Å². The SMILES string of the molecule is CCc1cc(N2C(=S)N(c3cnc(C#N)c(C(F)(F)F)c3)C(=O)C2(C)C)ccc1OCCN1CCN(C2(C(=O)O)CC2)CC1. The van der Waals surface area contributed by atoms with E-state index in [1.54, 1.807) is 30.9 Å². The predicted molar refractivity (Wildman–Crippen MR) is 160 cm³/mol. The summed E-state index contributed by atoms with van der Waals surface area (Å²) in [6.07, 6.45) is -1.77. The molecule has 234 valence electrons. The number of alkyl halides is 3. The highest BCUT2D eigenvalue weighted by Crippen LogP contribution is 2.43. The monoisotopic (exact) mass is 630 g/mol. The van der Waals surface area contributed by atoms with E-state index in [4.69, 9.17) is 22.2 Å². The Labute approximate surface area is 258 Å². The number of piperazine rings is 1. The number of nitriles is 1. The maximum atomic E-state index is 13.6. The van der Waals surface area contributed by atoms with E-state index in [2.05, 4.69) is 14.8 Å². The molecular weight excluding hydrogens is 597 g/mol. The van der Waals surface area contributed by atoms with Crippen LogP contribution >= 0.6 is 12.2 Å². The smallest absolute Gasteiger partial charge is 0.419 e. The Kier molecular flexibility index (Phi) is 8.34. The Morgan fingerprint density at radius 1 is 1.16 bits per heavy atom. The van der Waals surface area contributed by atoms with E-state index in [1.165, 1.54) is 6.07 Å². The highest BCUT2D eigenvalue weighted by molar-refractivity contribution is 7.81. The summed E-state index contributed by atoms with van der Waals surface area (Å²) in [7, 11) is 0. The molecule has 0 bridgehead atoms. The summed E-state index contributed by atoms with van der Waals surface area (Å²) in [5.74, 6) is -0.590. The molecular formula is C30H33F3N6O4S. The molecule has 3 heterocycles. The molecule has 1 aromatic carbocycles. The molecule has 10 nitrogen and oxygen atoms in total. The molecule has 5 rings (SSSR count). The van der Waals surface area contributed by atoms with Crippen LogP contribution in [0.25, 0.3) is 0 Å². The first-order valence-electron chi connectivity index (χ1n) is 14.4. The minimum atomic E-state index is -4.84. The van der Waals surface area contributed by atoms with Crippen LogP contribution in [0, 0.1) is 11.3 Å². The normalized spacial score (nSPS) is 20.1. The van der Waals surface area contributed by atoms with Crippen molar-refractivity contribution in [2.45, 2.75) is 57.3 Å². The van der Waals surface area contributed by atoms with Crippen LogP contribution in [0.3, 0.4) is 0 Å². The highest BCUT2D eigenvalue weighted by Gasteiger charge is 2.55. The number of aromatic nitrogens is 1. The molecule has 14 heteroatoms. The zero-order valence-electron chi connectivity index (χ0n) is 24.6. The molecule has 44 heavy (non-hydrogen) atoms. The van der Waals surface area contributed by atoms with Crippen molar-refractivity contribution in [2.24, 2.45) is 0 Å². The highest BCUT2D eigenvalue weighted by atomic mass is 32.1. The first-order chi connectivity index (χ1) is 20.7. The van der Waals surface area contributed by atoms with Crippen LogP contribution in [-0.4, -0.2) is 87.3 Å². The number of rotatable bonds is 9. The van der Waals surface area contributed by atoms with Crippen molar-refractivity contribution in [1.82, 2.24) is 14.8 Å². The molecule has 0 unspecified atom stereocenters. The number of pyridine rings is 1. The van der Waals surface area contributed by atoms with Gasteiger partial charge in [-0.1, -0.05) is 6.92 Å². The van der Waals surface area contributed by atoms with Crippen LogP contribution in [0.4, 0.5) is 24.5 Å². The summed E-state index contributed by atoms with van der Waals surface area (Å²) in [6, 6.07) is 7.58. The number of hydrogen-bond acceptors (Lipinski definition) is 8. The number of nitrogens with zero attached hydrogens (tertiary/aromatic N) is 6. The molecule has 2 aliphatic heterocycles. The number of thiocarbonyl (C=S) groups is 1. The van der Waals surface area contributed by atoms with E-state index in [0.717, 1.165) is 35.8 Å². The van der Waals surface area contributed by atoms with Crippen LogP contribution in [0.2, 0.25) is 0 Å². The van der Waals surface area contributed by atoms with Gasteiger partial charge < -0.3 is 14.7 Å². The molecule has 1 amide bonds. The Morgan fingerprint density at radius 2 is 1.84 bits per heavy atom. The summed E-state index contributed by atoms with van der Waals surface area (Å²) in [6.45, 7) is 9.31. The van der Waals surface area contributed by atoms with E-state index >= 15 is 0 Å². The third kappa shape index (κ3) is 5.60. The maximum absolute atomic E-state index is 13.6. The van der Waals surface area contributed by atoms with Gasteiger partial charge in [0.05, 0.1) is 17.4 Å². The van der Waals surface area contributed by atoms with Gasteiger partial charge in [0.25, 0.3) is 5.91 Å². The summed E-state index contributed by atoms with van der Waals surface area (Å²) in [5, 5.41) is 18.6. The Balaban J connectivity index is 1.28. The summed E-state index contributed by atoms with van der Waals surface area (Å²) in [5.41, 5.74) is -2.64. The van der Waals surface area contributed by atoms with Gasteiger partial charge in [0.2, 0.25) is 0 Å². The third-order valence-corrected chi connectivity index (χ3v) is 9.02. The number of benzene rings is 1. The largest absolute Gasteiger partial charge is 0.492 e. The van der Waals surface area contributed by atoms with Crippen molar-refractivity contribution >= 4 is 40.6 Å². The fourth-order valence-corrected chi connectivity index (χ4v) is 6.45. The number of aliphatic carboxylic acids is 1. The van der Waals surface area contributed by atoms with Crippen molar-refractivity contribution in [2.75, 3.05) is 49.1 Å². The van der Waals surface area contributed by atoms with Gasteiger partial charge in [-0.25, -0.2) is 4.98 Å². The van der Waals surface area contributed by atoms with E-state index in [1.807, 2.05) is 13.0 Å². The first kappa shape index (κ1) is 31.6. The molecule has 1 aliphatic carbocycles. The van der Waals surface area contributed by atoms with E-state index in [-0.39, 0.29) is 10.8 Å². The average Bonchev–Trinajstić information content (AvgIpc) is 3.77. The number of carboxylic acids is 1. The number of carbonyl (C=O) groups excluding carboxylic acids is 1. The second kappa shape index (κ2) is 11.6. The second-order valence-electron chi connectivity index (χ2n) is 11.7. The minimum Gasteiger partial charge on any atom is -0.492 e. The number of ether oxygens (including phenoxy) is 1. The molecule has 3 fully saturated rings. The van der Waals surface area contributed by atoms with Gasteiger partial charge >= 0.3 is 12.1 Å². The lowest BCUT2D eigenvalue weighted by Crippen LogP contribution is -2.54. The van der Waals surface area contributed by atoms with Crippen molar-refractivity contribution in [3.05, 3.63) is 47.3 Å². The molecule has 1 N–H and O–H groups in total. The summed E-state index contributed by atoms with van der Waals surface area (Å²) >= 11 is 5.64. The Hall–Kier alpha value is -3.80. The number of amides is 1. The molecule has 2 aromatic rings. The summed E-state index contributed by atoms with van der Waals surface area (Å²) < 4.78 is 47.0. The van der Waals surface area contributed by atoms with Gasteiger partial charge in [-0.2, -0.15) is 18.4 Å². The number of carbonyl (C=O) groups is 2. The van der Waals surface area contributed by atoms with Crippen LogP contribution in [-0.2, 0) is 22.2 Å². The van der Waals surface area contributed by atoms with Gasteiger partial charge in [0.15, 0.2) is 10.8 Å².